The van der Waals surface area contributed by atoms with E-state index in [1.54, 1.807) is 23.0 Å². The molecule has 0 spiro atoms. The van der Waals surface area contributed by atoms with Crippen LogP contribution in [0.2, 0.25) is 5.02 Å². The summed E-state index contributed by atoms with van der Waals surface area (Å²) in [5.41, 5.74) is 4.17. The third-order valence-corrected chi connectivity index (χ3v) is 6.29. The number of aliphatic hydroxyl groups is 2. The smallest absolute Gasteiger partial charge is 0.260 e. The molecule has 0 bridgehead atoms. The maximum atomic E-state index is 13.5. The number of fused-ring (bicyclic) bond motifs is 1. The average molecular weight is 494 g/mol. The molecule has 182 valence electrons. The largest absolute Gasteiger partial charge is 0.396 e. The van der Waals surface area contributed by atoms with E-state index in [4.69, 9.17) is 11.6 Å². The summed E-state index contributed by atoms with van der Waals surface area (Å²) in [6.45, 7) is 4.25. The lowest BCUT2D eigenvalue weighted by Crippen LogP contribution is -2.25. The van der Waals surface area contributed by atoms with Gasteiger partial charge in [0.2, 0.25) is 5.95 Å². The highest BCUT2D eigenvalue weighted by atomic mass is 35.5. The number of hydrogen-bond donors (Lipinski definition) is 3. The molecule has 0 unspecified atom stereocenters. The Labute approximate surface area is 208 Å². The minimum atomic E-state index is -0.199. The molecular weight excluding hydrogens is 466 g/mol. The van der Waals surface area contributed by atoms with Gasteiger partial charge in [0.1, 0.15) is 5.65 Å². The summed E-state index contributed by atoms with van der Waals surface area (Å²) in [4.78, 5) is 26.9. The maximum absolute atomic E-state index is 13.5. The zero-order valence-electron chi connectivity index (χ0n) is 19.7. The Bertz CT molecular complexity index is 1400. The van der Waals surface area contributed by atoms with Crippen molar-refractivity contribution in [2.24, 2.45) is 0 Å². The predicted molar refractivity (Wildman–Crippen MR) is 139 cm³/mol. The summed E-state index contributed by atoms with van der Waals surface area (Å²) in [5, 5.41) is 22.8. The highest BCUT2D eigenvalue weighted by Crippen LogP contribution is 2.32. The summed E-state index contributed by atoms with van der Waals surface area (Å²) in [6.07, 6.45) is 4.31. The van der Waals surface area contributed by atoms with E-state index in [9.17, 15) is 15.0 Å². The number of nitrogens with one attached hydrogen (secondary N) is 1. The van der Waals surface area contributed by atoms with Crippen LogP contribution >= 0.6 is 11.6 Å². The Balaban J connectivity index is 1.76. The molecule has 35 heavy (non-hydrogen) atoms. The van der Waals surface area contributed by atoms with Crippen LogP contribution in [-0.4, -0.2) is 49.0 Å². The van der Waals surface area contributed by atoms with Crippen molar-refractivity contribution in [1.82, 2.24) is 19.5 Å². The molecule has 0 atom stereocenters. The number of hydrogen-bond acceptors (Lipinski definition) is 7. The first kappa shape index (κ1) is 24.8. The number of benzene rings is 1. The summed E-state index contributed by atoms with van der Waals surface area (Å²) in [7, 11) is 0. The zero-order valence-corrected chi connectivity index (χ0v) is 20.5. The van der Waals surface area contributed by atoms with Crippen LogP contribution in [0.15, 0.2) is 53.6 Å². The van der Waals surface area contributed by atoms with Gasteiger partial charge in [0.25, 0.3) is 5.56 Å². The third kappa shape index (κ3) is 5.19. The standard InChI is InChI=1S/C26H28ClN5O3/c1-3-32-24-18(15-29-26(31-24)30-19(8-11-33)9-12-34)13-21(25(32)35)20-7-6-17(14-22(20)27)23-16(2)5-4-10-28-23/h4-7,10,13-15,19,33-34H,3,8-9,11-12H2,1-2H3,(H,29,30,31). The molecular formula is C26H28ClN5O3. The predicted octanol–water partition coefficient (Wildman–Crippen LogP) is 4.05. The Morgan fingerprint density at radius 3 is 2.51 bits per heavy atom. The van der Waals surface area contributed by atoms with Crippen molar-refractivity contribution in [3.63, 3.8) is 0 Å². The molecule has 0 aliphatic carbocycles. The number of aryl methyl sites for hydroxylation is 2. The molecule has 1 aromatic carbocycles. The number of halogens is 1. The zero-order chi connectivity index (χ0) is 24.9. The van der Waals surface area contributed by atoms with Crippen molar-refractivity contribution in [2.75, 3.05) is 18.5 Å². The van der Waals surface area contributed by atoms with Gasteiger partial charge in [-0.2, -0.15) is 4.98 Å². The summed E-state index contributed by atoms with van der Waals surface area (Å²) in [5.74, 6) is 0.340. The quantitative estimate of drug-likeness (QED) is 0.322. The molecule has 3 N–H and O–H groups in total. The Morgan fingerprint density at radius 1 is 1.09 bits per heavy atom. The van der Waals surface area contributed by atoms with Crippen LogP contribution in [0, 0.1) is 6.92 Å². The van der Waals surface area contributed by atoms with E-state index < -0.39 is 0 Å². The van der Waals surface area contributed by atoms with Gasteiger partial charge in [-0.1, -0.05) is 29.8 Å². The van der Waals surface area contributed by atoms with Crippen molar-refractivity contribution >= 4 is 28.6 Å². The van der Waals surface area contributed by atoms with E-state index in [1.807, 2.05) is 44.2 Å². The Morgan fingerprint density at radius 2 is 1.86 bits per heavy atom. The second-order valence-corrected chi connectivity index (χ2v) is 8.72. The average Bonchev–Trinajstić information content (AvgIpc) is 2.84. The van der Waals surface area contributed by atoms with Gasteiger partial charge in [0, 0.05) is 65.3 Å². The Hall–Kier alpha value is -3.33. The van der Waals surface area contributed by atoms with Crippen molar-refractivity contribution < 1.29 is 10.2 Å². The highest BCUT2D eigenvalue weighted by molar-refractivity contribution is 6.33. The highest BCUT2D eigenvalue weighted by Gasteiger charge is 2.17. The lowest BCUT2D eigenvalue weighted by Gasteiger charge is -2.17. The number of aromatic nitrogens is 4. The number of aliphatic hydroxyl groups excluding tert-OH is 2. The molecule has 3 aromatic heterocycles. The fraction of sp³-hybridized carbons (Fsp3) is 0.308. The number of anilines is 1. The van der Waals surface area contributed by atoms with Crippen LogP contribution < -0.4 is 10.9 Å². The first-order valence-electron chi connectivity index (χ1n) is 11.6. The van der Waals surface area contributed by atoms with E-state index in [0.717, 1.165) is 16.8 Å². The van der Waals surface area contributed by atoms with Crippen LogP contribution in [0.25, 0.3) is 33.4 Å². The lowest BCUT2D eigenvalue weighted by molar-refractivity contribution is 0.247. The number of pyridine rings is 2. The van der Waals surface area contributed by atoms with Crippen LogP contribution in [0.5, 0.6) is 0 Å². The third-order valence-electron chi connectivity index (χ3n) is 5.97. The van der Waals surface area contributed by atoms with Gasteiger partial charge in [0.15, 0.2) is 0 Å². The van der Waals surface area contributed by atoms with Gasteiger partial charge in [-0.25, -0.2) is 4.98 Å². The van der Waals surface area contributed by atoms with E-state index >= 15 is 0 Å². The van der Waals surface area contributed by atoms with Gasteiger partial charge in [-0.05, 0) is 50.5 Å². The molecule has 0 saturated carbocycles. The normalized spacial score (nSPS) is 11.4. The van der Waals surface area contributed by atoms with E-state index in [1.165, 1.54) is 0 Å². The molecule has 0 aliphatic heterocycles. The number of nitrogens with zero attached hydrogens (tertiary/aromatic N) is 4. The molecule has 0 saturated heterocycles. The molecule has 0 amide bonds. The second kappa shape index (κ2) is 10.9. The minimum Gasteiger partial charge on any atom is -0.396 e. The fourth-order valence-corrected chi connectivity index (χ4v) is 4.45. The molecule has 4 aromatic rings. The van der Waals surface area contributed by atoms with Gasteiger partial charge >= 0.3 is 0 Å². The maximum Gasteiger partial charge on any atom is 0.260 e. The van der Waals surface area contributed by atoms with E-state index in [2.05, 4.69) is 20.3 Å². The van der Waals surface area contributed by atoms with Crippen molar-refractivity contribution in [3.8, 4) is 22.4 Å². The van der Waals surface area contributed by atoms with Gasteiger partial charge in [0.05, 0.1) is 5.69 Å². The first-order chi connectivity index (χ1) is 17.0. The first-order valence-corrected chi connectivity index (χ1v) is 11.9. The van der Waals surface area contributed by atoms with Crippen molar-refractivity contribution in [3.05, 3.63) is 69.7 Å². The SMILES string of the molecule is CCn1c(=O)c(-c2ccc(-c3ncccc3C)cc2Cl)cc2cnc(NC(CCO)CCO)nc21. The molecule has 4 rings (SSSR count). The van der Waals surface area contributed by atoms with Crippen LogP contribution in [0.4, 0.5) is 5.95 Å². The summed E-state index contributed by atoms with van der Waals surface area (Å²) >= 11 is 6.67. The second-order valence-electron chi connectivity index (χ2n) is 8.31. The van der Waals surface area contributed by atoms with Gasteiger partial charge < -0.3 is 15.5 Å². The fourth-order valence-electron chi connectivity index (χ4n) is 4.17. The van der Waals surface area contributed by atoms with E-state index in [-0.39, 0.29) is 24.8 Å². The molecule has 0 aliphatic rings. The van der Waals surface area contributed by atoms with Crippen molar-refractivity contribution in [1.29, 1.82) is 0 Å². The van der Waals surface area contributed by atoms with Crippen LogP contribution in [0.3, 0.4) is 0 Å². The molecule has 0 radical (unpaired) electrons. The molecule has 9 heteroatoms. The lowest BCUT2D eigenvalue weighted by atomic mass is 10.0. The van der Waals surface area contributed by atoms with Crippen LogP contribution in [-0.2, 0) is 6.54 Å². The Kier molecular flexibility index (Phi) is 7.75. The summed E-state index contributed by atoms with van der Waals surface area (Å²) in [6, 6.07) is 11.1. The molecule has 3 heterocycles. The van der Waals surface area contributed by atoms with Gasteiger partial charge in [-0.3, -0.25) is 14.3 Å². The monoisotopic (exact) mass is 493 g/mol. The minimum absolute atomic E-state index is 0.0201. The summed E-state index contributed by atoms with van der Waals surface area (Å²) < 4.78 is 1.59. The molecule has 8 nitrogen and oxygen atoms in total. The van der Waals surface area contributed by atoms with Crippen molar-refractivity contribution in [2.45, 2.75) is 39.3 Å². The van der Waals surface area contributed by atoms with Gasteiger partial charge in [-0.15, -0.1) is 0 Å². The van der Waals surface area contributed by atoms with Crippen LogP contribution in [0.1, 0.15) is 25.3 Å². The topological polar surface area (TPSA) is 113 Å². The molecule has 0 fully saturated rings. The number of rotatable bonds is 9. The van der Waals surface area contributed by atoms with E-state index in [0.29, 0.717) is 52.5 Å².